The smallest absolute Gasteiger partial charge is 0.279 e. The minimum Gasteiger partial charge on any atom is -0.382 e. The summed E-state index contributed by atoms with van der Waals surface area (Å²) in [5, 5.41) is 11.3. The Morgan fingerprint density at radius 3 is 1.67 bits per heavy atom. The number of aryl methyl sites for hydroxylation is 1. The van der Waals surface area contributed by atoms with E-state index in [1.54, 1.807) is 48.0 Å². The van der Waals surface area contributed by atoms with Crippen LogP contribution in [0.5, 0.6) is 0 Å². The van der Waals surface area contributed by atoms with Crippen LogP contribution < -0.4 is 11.2 Å². The molecule has 3 N–H and O–H groups in total. The first-order valence-corrected chi connectivity index (χ1v) is 17.6. The van der Waals surface area contributed by atoms with E-state index in [1.165, 1.54) is 24.8 Å². The highest BCUT2D eigenvalue weighted by atomic mass is 35.5. The van der Waals surface area contributed by atoms with E-state index in [9.17, 15) is 0 Å². The maximum atomic E-state index is 6.14. The average Bonchev–Trinajstić information content (AvgIpc) is 3.46. The Morgan fingerprint density at radius 1 is 0.745 bits per heavy atom. The van der Waals surface area contributed by atoms with E-state index in [-0.39, 0.29) is 5.84 Å². The van der Waals surface area contributed by atoms with Gasteiger partial charge in [-0.15, -0.1) is 5.10 Å². The van der Waals surface area contributed by atoms with Crippen LogP contribution in [-0.2, 0) is 14.2 Å². The normalized spacial score (nSPS) is 11.3. The van der Waals surface area contributed by atoms with Crippen molar-refractivity contribution < 1.29 is 14.2 Å². The van der Waals surface area contributed by atoms with Crippen molar-refractivity contribution in [2.45, 2.75) is 40.6 Å². The maximum Gasteiger partial charge on any atom is 0.279 e. The summed E-state index contributed by atoms with van der Waals surface area (Å²) in [6.45, 7) is 11.2. The molecule has 0 atom stereocenters. The summed E-state index contributed by atoms with van der Waals surface area (Å²) in [5.74, 6) is 0.501. The molecule has 2 aromatic carbocycles. The van der Waals surface area contributed by atoms with Crippen molar-refractivity contribution in [1.29, 1.82) is 0 Å². The average molecular weight is 817 g/mol. The van der Waals surface area contributed by atoms with E-state index in [0.29, 0.717) is 66.9 Å². The highest BCUT2D eigenvalue weighted by molar-refractivity contribution is 6.40. The summed E-state index contributed by atoms with van der Waals surface area (Å²) >= 11 is 35.9. The first-order valence-electron chi connectivity index (χ1n) is 15.4. The Balaban J connectivity index is 0.000000218. The number of benzene rings is 2. The summed E-state index contributed by atoms with van der Waals surface area (Å²) in [5.41, 5.74) is 11.3. The molecular weight excluding hydrogens is 781 g/mol. The molecule has 17 heteroatoms. The van der Waals surface area contributed by atoms with Crippen LogP contribution in [0.3, 0.4) is 0 Å². The quantitative estimate of drug-likeness (QED) is 0.0578. The van der Waals surface area contributed by atoms with Crippen LogP contribution in [0.25, 0.3) is 17.1 Å². The second-order valence-corrected chi connectivity index (χ2v) is 12.6. The molecule has 0 aliphatic carbocycles. The van der Waals surface area contributed by atoms with Crippen LogP contribution in [0.4, 0.5) is 5.69 Å². The summed E-state index contributed by atoms with van der Waals surface area (Å²) < 4.78 is 17.5. The monoisotopic (exact) mass is 814 g/mol. The fraction of sp³-hybridized carbons (Fsp3) is 0.265. The topological polar surface area (TPSA) is 135 Å². The zero-order valence-electron chi connectivity index (χ0n) is 28.3. The minimum atomic E-state index is -0.849. The number of pyridine rings is 2. The molecule has 0 bridgehead atoms. The molecule has 0 saturated heterocycles. The van der Waals surface area contributed by atoms with Gasteiger partial charge < -0.3 is 19.9 Å². The highest BCUT2D eigenvalue weighted by Gasteiger charge is 2.24. The zero-order valence-corrected chi connectivity index (χ0v) is 32.8. The molecule has 0 fully saturated rings. The first-order chi connectivity index (χ1) is 24.3. The van der Waals surface area contributed by atoms with Gasteiger partial charge in [-0.1, -0.05) is 69.6 Å². The molecule has 51 heavy (non-hydrogen) atoms. The maximum absolute atomic E-state index is 6.14. The Morgan fingerprint density at radius 2 is 1.20 bits per heavy atom. The lowest BCUT2D eigenvalue weighted by molar-refractivity contribution is -0.365. The number of hydrogen-bond acceptors (Lipinski definition) is 9. The molecule has 0 spiro atoms. The van der Waals surface area contributed by atoms with Gasteiger partial charge in [0.05, 0.1) is 42.6 Å². The molecule has 3 aromatic heterocycles. The van der Waals surface area contributed by atoms with Gasteiger partial charge in [0, 0.05) is 61.6 Å². The van der Waals surface area contributed by atoms with Crippen LogP contribution in [-0.4, -0.2) is 56.4 Å². The summed E-state index contributed by atoms with van der Waals surface area (Å²) in [7, 11) is 0. The molecule has 0 radical (unpaired) electrons. The summed E-state index contributed by atoms with van der Waals surface area (Å²) in [6.07, 6.45) is 5.93. The van der Waals surface area contributed by atoms with E-state index < -0.39 is 5.97 Å². The van der Waals surface area contributed by atoms with Gasteiger partial charge in [-0.05, 0) is 76.2 Å². The van der Waals surface area contributed by atoms with Crippen molar-refractivity contribution in [3.05, 3.63) is 115 Å². The van der Waals surface area contributed by atoms with E-state index >= 15 is 0 Å². The standard InChI is InChI=1S/C14H9Cl3N4.C12H9Cl3N4.C8H18O3/c1-8-19-14(13-11(16)6-18-7-12(13)17)20-21(8)10-4-2-9(15)3-5-10;13-7-1-3-8(4-2-7)18-19-12(16)11-9(14)5-17-6-10(11)15;1-5-9-8(4,10-6-2)11-7-3/h2-7H,1H3;1-6,18H,(H2,16,19);5-7H2,1-4H3. The lowest BCUT2D eigenvalue weighted by atomic mass is 10.2. The van der Waals surface area contributed by atoms with Crippen molar-refractivity contribution in [1.82, 2.24) is 24.7 Å². The zero-order chi connectivity index (χ0) is 37.6. The Hall–Kier alpha value is -3.23. The molecule has 0 unspecified atom stereocenters. The van der Waals surface area contributed by atoms with Crippen LogP contribution in [0.15, 0.2) is 78.4 Å². The number of nitrogens with two attached hydrogens (primary N) is 1. The largest absolute Gasteiger partial charge is 0.382 e. The number of hydrogen-bond donors (Lipinski definition) is 2. The summed E-state index contributed by atoms with van der Waals surface area (Å²) in [4.78, 5) is 12.2. The number of anilines is 1. The van der Waals surface area contributed by atoms with Gasteiger partial charge in [0.1, 0.15) is 5.82 Å². The molecule has 3 heterocycles. The molecule has 11 nitrogen and oxygen atoms in total. The number of nitrogens with one attached hydrogen (secondary N) is 1. The van der Waals surface area contributed by atoms with Crippen molar-refractivity contribution >= 4 is 81.1 Å². The Labute approximate surface area is 327 Å². The third-order valence-corrected chi connectivity index (χ3v) is 8.05. The summed E-state index contributed by atoms with van der Waals surface area (Å²) in [6, 6.07) is 14.3. The van der Waals surface area contributed by atoms with Crippen molar-refractivity contribution in [3.63, 3.8) is 0 Å². The van der Waals surface area contributed by atoms with Gasteiger partial charge in [-0.25, -0.2) is 9.67 Å². The molecule has 5 rings (SSSR count). The molecule has 0 aliphatic rings. The third kappa shape index (κ3) is 12.7. The SMILES string of the molecule is CCOC(C)(OCC)OCC.Cc1nc(-c2c(Cl)cncc2Cl)nn1-c1ccc(Cl)cc1.N/C(=N\Nc1ccc(Cl)cc1)c1c(Cl)cncc1Cl. The number of halogens is 6. The van der Waals surface area contributed by atoms with Crippen molar-refractivity contribution in [3.8, 4) is 17.1 Å². The van der Waals surface area contributed by atoms with Gasteiger partial charge in [0.2, 0.25) is 0 Å². The van der Waals surface area contributed by atoms with Gasteiger partial charge in [-0.2, -0.15) is 5.10 Å². The van der Waals surface area contributed by atoms with Crippen LogP contribution in [0, 0.1) is 6.92 Å². The number of nitrogens with zero attached hydrogens (tertiary/aromatic N) is 6. The second-order valence-electron chi connectivity index (χ2n) is 10.1. The molecule has 272 valence electrons. The molecule has 0 aliphatic heterocycles. The Bertz CT molecular complexity index is 1820. The molecule has 0 amide bonds. The number of amidine groups is 1. The Kier molecular flexibility index (Phi) is 17.1. The lowest BCUT2D eigenvalue weighted by Crippen LogP contribution is -2.35. The third-order valence-electron chi connectivity index (χ3n) is 6.40. The van der Waals surface area contributed by atoms with Crippen molar-refractivity contribution in [2.24, 2.45) is 10.8 Å². The minimum absolute atomic E-state index is 0.173. The van der Waals surface area contributed by atoms with E-state index in [1.807, 2.05) is 39.8 Å². The van der Waals surface area contributed by atoms with Crippen LogP contribution in [0.2, 0.25) is 30.1 Å². The molecule has 5 aromatic rings. The van der Waals surface area contributed by atoms with Crippen LogP contribution in [0.1, 0.15) is 39.1 Å². The predicted octanol–water partition coefficient (Wildman–Crippen LogP) is 10.1. The highest BCUT2D eigenvalue weighted by Crippen LogP contribution is 2.32. The number of aromatic nitrogens is 5. The first kappa shape index (κ1) is 42.2. The molecular formula is C34H36Cl6N8O3. The fourth-order valence-electron chi connectivity index (χ4n) is 4.22. The fourth-order valence-corrected chi connectivity index (χ4v) is 5.56. The van der Waals surface area contributed by atoms with Gasteiger partial charge in [-0.3, -0.25) is 15.4 Å². The lowest BCUT2D eigenvalue weighted by Gasteiger charge is -2.27. The van der Waals surface area contributed by atoms with E-state index in [2.05, 4.69) is 30.6 Å². The number of ether oxygens (including phenoxy) is 3. The van der Waals surface area contributed by atoms with Crippen LogP contribution >= 0.6 is 69.6 Å². The van der Waals surface area contributed by atoms with Crippen molar-refractivity contribution in [2.75, 3.05) is 25.2 Å². The van der Waals surface area contributed by atoms with Gasteiger partial charge >= 0.3 is 0 Å². The van der Waals surface area contributed by atoms with E-state index in [0.717, 1.165) is 17.2 Å². The second kappa shape index (κ2) is 20.7. The van der Waals surface area contributed by atoms with Gasteiger partial charge in [0.25, 0.3) is 5.97 Å². The number of rotatable bonds is 11. The molecule has 0 saturated carbocycles. The number of hydrazone groups is 1. The predicted molar refractivity (Wildman–Crippen MR) is 208 cm³/mol. The van der Waals surface area contributed by atoms with E-state index in [4.69, 9.17) is 89.5 Å². The van der Waals surface area contributed by atoms with Gasteiger partial charge in [0.15, 0.2) is 11.7 Å².